The Kier molecular flexibility index (Phi) is 4.32. The summed E-state index contributed by atoms with van der Waals surface area (Å²) in [5, 5.41) is 3.73. The van der Waals surface area contributed by atoms with E-state index in [9.17, 15) is 0 Å². The van der Waals surface area contributed by atoms with Crippen molar-refractivity contribution in [3.8, 4) is 16.8 Å². The topological polar surface area (TPSA) is 17.0 Å². The molecule has 0 amide bonds. The highest BCUT2D eigenvalue weighted by molar-refractivity contribution is 7.71. The zero-order chi connectivity index (χ0) is 19.5. The van der Waals surface area contributed by atoms with Crippen LogP contribution in [0.3, 0.4) is 0 Å². The van der Waals surface area contributed by atoms with E-state index in [0.29, 0.717) is 5.92 Å². The molecule has 2 nitrogen and oxygen atoms in total. The van der Waals surface area contributed by atoms with E-state index in [4.69, 9.17) is 12.2 Å². The molecule has 0 fully saturated rings. The van der Waals surface area contributed by atoms with E-state index in [1.165, 1.54) is 38.4 Å². The van der Waals surface area contributed by atoms with Crippen molar-refractivity contribution in [2.24, 2.45) is 0 Å². The molecular formula is C23H26N2S2. The van der Waals surface area contributed by atoms with Crippen molar-refractivity contribution >= 4 is 29.4 Å². The van der Waals surface area contributed by atoms with E-state index < -0.39 is 0 Å². The first kappa shape index (κ1) is 18.5. The molecule has 1 aliphatic rings. The Morgan fingerprint density at radius 2 is 1.67 bits per heavy atom. The van der Waals surface area contributed by atoms with E-state index in [2.05, 4.69) is 87.2 Å². The first-order valence-corrected chi connectivity index (χ1v) is 10.6. The Labute approximate surface area is 171 Å². The van der Waals surface area contributed by atoms with E-state index in [1.54, 1.807) is 11.5 Å². The summed E-state index contributed by atoms with van der Waals surface area (Å²) in [4.78, 5) is 1.30. The van der Waals surface area contributed by atoms with Crippen molar-refractivity contribution in [1.29, 1.82) is 0 Å². The highest BCUT2D eigenvalue weighted by atomic mass is 32.1. The Morgan fingerprint density at radius 1 is 1.04 bits per heavy atom. The third kappa shape index (κ3) is 2.95. The molecule has 0 saturated heterocycles. The van der Waals surface area contributed by atoms with Gasteiger partial charge in [-0.3, -0.25) is 3.96 Å². The van der Waals surface area contributed by atoms with Crippen molar-refractivity contribution in [3.05, 3.63) is 62.6 Å². The molecule has 0 unspecified atom stereocenters. The van der Waals surface area contributed by atoms with Crippen LogP contribution in [0.15, 0.2) is 36.4 Å². The average Bonchev–Trinajstić information content (AvgIpc) is 2.96. The molecule has 3 aromatic rings. The van der Waals surface area contributed by atoms with E-state index in [1.807, 2.05) is 0 Å². The fourth-order valence-corrected chi connectivity index (χ4v) is 5.38. The van der Waals surface area contributed by atoms with E-state index in [0.717, 1.165) is 10.3 Å². The third-order valence-corrected chi connectivity index (χ3v) is 7.50. The number of nitrogens with one attached hydrogen (secondary N) is 1. The Bertz CT molecular complexity index is 1080. The maximum atomic E-state index is 5.98. The van der Waals surface area contributed by atoms with Crippen LogP contribution in [-0.4, -0.2) is 3.96 Å². The maximum absolute atomic E-state index is 5.98. The van der Waals surface area contributed by atoms with Gasteiger partial charge in [-0.25, -0.2) is 0 Å². The number of hydrogen-bond donors (Lipinski definition) is 1. The van der Waals surface area contributed by atoms with Gasteiger partial charge in [0.05, 0.1) is 16.1 Å². The number of benzene rings is 2. The van der Waals surface area contributed by atoms with Gasteiger partial charge < -0.3 is 5.32 Å². The molecule has 4 rings (SSSR count). The number of hydrogen-bond acceptors (Lipinski definition) is 3. The third-order valence-electron chi connectivity index (χ3n) is 5.52. The van der Waals surface area contributed by atoms with Gasteiger partial charge in [-0.2, -0.15) is 0 Å². The van der Waals surface area contributed by atoms with Gasteiger partial charge in [-0.15, -0.1) is 0 Å². The molecule has 0 radical (unpaired) electrons. The van der Waals surface area contributed by atoms with Gasteiger partial charge in [-0.05, 0) is 74.6 Å². The lowest BCUT2D eigenvalue weighted by atomic mass is 9.88. The van der Waals surface area contributed by atoms with Crippen LogP contribution >= 0.6 is 23.8 Å². The summed E-state index contributed by atoms with van der Waals surface area (Å²) in [6.45, 7) is 13.3. The molecule has 140 valence electrons. The van der Waals surface area contributed by atoms with Crippen LogP contribution in [0.4, 0.5) is 5.69 Å². The van der Waals surface area contributed by atoms with Gasteiger partial charge in [0.2, 0.25) is 0 Å². The van der Waals surface area contributed by atoms with Crippen molar-refractivity contribution in [3.63, 3.8) is 0 Å². The van der Waals surface area contributed by atoms with Crippen LogP contribution in [-0.2, 0) is 5.54 Å². The SMILES string of the molecule is Cc1cc2c(cc1C)-c1c(sn(-c3ccc(C(C)C)cc3)c1=S)C(C)(C)N2. The molecule has 0 saturated carbocycles. The smallest absolute Gasteiger partial charge is 0.129 e. The number of aryl methyl sites for hydroxylation is 2. The zero-order valence-electron chi connectivity index (χ0n) is 16.8. The number of nitrogens with zero attached hydrogens (tertiary/aromatic N) is 1. The molecule has 27 heavy (non-hydrogen) atoms. The minimum absolute atomic E-state index is 0.147. The molecule has 2 aromatic carbocycles. The first-order valence-electron chi connectivity index (χ1n) is 9.46. The van der Waals surface area contributed by atoms with Crippen LogP contribution in [0.5, 0.6) is 0 Å². The minimum atomic E-state index is -0.147. The largest absolute Gasteiger partial charge is 0.375 e. The average molecular weight is 395 g/mol. The normalized spacial score (nSPS) is 14.6. The van der Waals surface area contributed by atoms with Crippen molar-refractivity contribution in [1.82, 2.24) is 3.96 Å². The molecule has 1 aromatic heterocycles. The second kappa shape index (κ2) is 6.32. The minimum Gasteiger partial charge on any atom is -0.375 e. The van der Waals surface area contributed by atoms with Crippen molar-refractivity contribution < 1.29 is 0 Å². The maximum Gasteiger partial charge on any atom is 0.129 e. The van der Waals surface area contributed by atoms with Gasteiger partial charge in [0, 0.05) is 16.8 Å². The summed E-state index contributed by atoms with van der Waals surface area (Å²) in [6, 6.07) is 13.3. The number of rotatable bonds is 2. The summed E-state index contributed by atoms with van der Waals surface area (Å²) in [6.07, 6.45) is 0. The van der Waals surface area contributed by atoms with E-state index in [-0.39, 0.29) is 5.54 Å². The summed E-state index contributed by atoms with van der Waals surface area (Å²) in [7, 11) is 0. The standard InChI is InChI=1S/C23H26N2S2/c1-13(2)16-7-9-17(10-8-16)25-22(26)20-18-11-14(3)15(4)12-19(18)24-23(5,6)21(20)27-25/h7-13,24H,1-6H3. The molecule has 4 heteroatoms. The van der Waals surface area contributed by atoms with Gasteiger partial charge in [-0.1, -0.05) is 49.7 Å². The van der Waals surface area contributed by atoms with Crippen LogP contribution in [0, 0.1) is 18.5 Å². The fourth-order valence-electron chi connectivity index (χ4n) is 3.73. The number of fused-ring (bicyclic) bond motifs is 3. The second-order valence-corrected chi connectivity index (χ2v) is 9.72. The second-order valence-electron chi connectivity index (χ2n) is 8.37. The summed E-state index contributed by atoms with van der Waals surface area (Å²) < 4.78 is 3.11. The highest BCUT2D eigenvalue weighted by Gasteiger charge is 2.34. The molecule has 0 atom stereocenters. The van der Waals surface area contributed by atoms with Crippen LogP contribution < -0.4 is 5.32 Å². The van der Waals surface area contributed by atoms with Gasteiger partial charge >= 0.3 is 0 Å². The predicted octanol–water partition coefficient (Wildman–Crippen LogP) is 7.34. The summed E-state index contributed by atoms with van der Waals surface area (Å²) >= 11 is 7.74. The molecule has 2 heterocycles. The number of anilines is 1. The van der Waals surface area contributed by atoms with Gasteiger partial charge in [0.25, 0.3) is 0 Å². The quantitative estimate of drug-likeness (QED) is 0.458. The predicted molar refractivity (Wildman–Crippen MR) is 120 cm³/mol. The number of aromatic nitrogens is 1. The summed E-state index contributed by atoms with van der Waals surface area (Å²) in [5.74, 6) is 0.532. The van der Waals surface area contributed by atoms with Crippen LogP contribution in [0.25, 0.3) is 16.8 Å². The molecule has 1 N–H and O–H groups in total. The van der Waals surface area contributed by atoms with Crippen molar-refractivity contribution in [2.75, 3.05) is 5.32 Å². The Morgan fingerprint density at radius 3 is 2.30 bits per heavy atom. The van der Waals surface area contributed by atoms with Gasteiger partial charge in [0.15, 0.2) is 0 Å². The van der Waals surface area contributed by atoms with Crippen LogP contribution in [0.1, 0.15) is 55.2 Å². The molecule has 0 aliphatic carbocycles. The molecular weight excluding hydrogens is 368 g/mol. The Hall–Kier alpha value is -1.91. The first-order chi connectivity index (χ1) is 12.7. The fraction of sp³-hybridized carbons (Fsp3) is 0.348. The Balaban J connectivity index is 1.94. The molecule has 1 aliphatic heterocycles. The van der Waals surface area contributed by atoms with Crippen molar-refractivity contribution in [2.45, 2.75) is 53.0 Å². The lowest BCUT2D eigenvalue weighted by molar-refractivity contribution is 0.619. The zero-order valence-corrected chi connectivity index (χ0v) is 18.4. The lowest BCUT2D eigenvalue weighted by Crippen LogP contribution is -2.30. The summed E-state index contributed by atoms with van der Waals surface area (Å²) in [5.41, 5.74) is 8.58. The monoisotopic (exact) mass is 394 g/mol. The van der Waals surface area contributed by atoms with Gasteiger partial charge in [0.1, 0.15) is 4.64 Å². The molecule has 0 bridgehead atoms. The molecule has 0 spiro atoms. The van der Waals surface area contributed by atoms with E-state index >= 15 is 0 Å². The van der Waals surface area contributed by atoms with Crippen LogP contribution in [0.2, 0.25) is 0 Å². The lowest BCUT2D eigenvalue weighted by Gasteiger charge is -2.33. The highest BCUT2D eigenvalue weighted by Crippen LogP contribution is 2.48.